The number of fused-ring (bicyclic) bond motifs is 1. The number of pyridine rings is 1. The molecule has 4 heterocycles. The summed E-state index contributed by atoms with van der Waals surface area (Å²) in [6.07, 6.45) is 6.82. The highest BCUT2D eigenvalue weighted by molar-refractivity contribution is 6.31. The van der Waals surface area contributed by atoms with E-state index in [0.29, 0.717) is 36.6 Å². The van der Waals surface area contributed by atoms with Gasteiger partial charge in [0.1, 0.15) is 5.82 Å². The monoisotopic (exact) mass is 467 g/mol. The summed E-state index contributed by atoms with van der Waals surface area (Å²) >= 11 is 6.22. The number of nitrogens with zero attached hydrogens (tertiary/aromatic N) is 4. The fourth-order valence-electron chi connectivity index (χ4n) is 5.00. The molecule has 2 aromatic heterocycles. The van der Waals surface area contributed by atoms with Crippen LogP contribution in [-0.2, 0) is 24.3 Å². The van der Waals surface area contributed by atoms with Crippen LogP contribution >= 0.6 is 11.6 Å². The van der Waals surface area contributed by atoms with E-state index < -0.39 is 0 Å². The molecule has 0 bridgehead atoms. The van der Waals surface area contributed by atoms with Gasteiger partial charge in [-0.3, -0.25) is 19.8 Å². The van der Waals surface area contributed by atoms with E-state index in [1.165, 1.54) is 6.07 Å². The molecule has 1 saturated heterocycles. The van der Waals surface area contributed by atoms with Gasteiger partial charge in [-0.15, -0.1) is 0 Å². The van der Waals surface area contributed by atoms with E-state index >= 15 is 0 Å². The highest BCUT2D eigenvalue weighted by atomic mass is 35.5. The van der Waals surface area contributed by atoms with E-state index in [9.17, 15) is 9.18 Å². The van der Waals surface area contributed by atoms with Gasteiger partial charge in [-0.2, -0.15) is 5.10 Å². The molecule has 33 heavy (non-hydrogen) atoms. The summed E-state index contributed by atoms with van der Waals surface area (Å²) < 4.78 is 14.2. The minimum absolute atomic E-state index is 0.179. The van der Waals surface area contributed by atoms with E-state index in [4.69, 9.17) is 11.6 Å². The van der Waals surface area contributed by atoms with Crippen LogP contribution in [0.15, 0.2) is 42.7 Å². The number of carbonyl (C=O) groups is 1. The molecule has 1 amide bonds. The van der Waals surface area contributed by atoms with Gasteiger partial charge >= 0.3 is 0 Å². The SMILES string of the molecule is O=C(C[C@@H]1CCCN(Cc2c(F)cccc2Cl)C1)N1CCc2[nH]nc(-c3ccncc3)c2C1. The van der Waals surface area contributed by atoms with Gasteiger partial charge < -0.3 is 4.90 Å². The van der Waals surface area contributed by atoms with Crippen molar-refractivity contribution in [2.75, 3.05) is 19.6 Å². The van der Waals surface area contributed by atoms with Crippen LogP contribution < -0.4 is 0 Å². The Balaban J connectivity index is 1.22. The van der Waals surface area contributed by atoms with Crippen LogP contribution in [0.4, 0.5) is 4.39 Å². The number of rotatable bonds is 5. The first-order valence-corrected chi connectivity index (χ1v) is 11.9. The Kier molecular flexibility index (Phi) is 6.42. The minimum Gasteiger partial charge on any atom is -0.338 e. The van der Waals surface area contributed by atoms with Gasteiger partial charge in [0.25, 0.3) is 0 Å². The Hall–Kier alpha value is -2.77. The topological polar surface area (TPSA) is 65.1 Å². The summed E-state index contributed by atoms with van der Waals surface area (Å²) in [4.78, 5) is 21.5. The number of benzene rings is 1. The van der Waals surface area contributed by atoms with E-state index in [2.05, 4.69) is 20.1 Å². The van der Waals surface area contributed by atoms with Gasteiger partial charge in [-0.05, 0) is 49.6 Å². The molecule has 1 fully saturated rings. The first kappa shape index (κ1) is 22.0. The predicted molar refractivity (Wildman–Crippen MR) is 125 cm³/mol. The van der Waals surface area contributed by atoms with Crippen LogP contribution in [0, 0.1) is 11.7 Å². The lowest BCUT2D eigenvalue weighted by Gasteiger charge is -2.34. The van der Waals surface area contributed by atoms with Gasteiger partial charge in [0.05, 0.1) is 5.69 Å². The lowest BCUT2D eigenvalue weighted by Crippen LogP contribution is -2.40. The summed E-state index contributed by atoms with van der Waals surface area (Å²) in [6, 6.07) is 8.69. The molecule has 6 nitrogen and oxygen atoms in total. The van der Waals surface area contributed by atoms with E-state index in [1.807, 2.05) is 17.0 Å². The normalized spacial score (nSPS) is 18.8. The number of nitrogens with one attached hydrogen (secondary N) is 1. The van der Waals surface area contributed by atoms with Crippen LogP contribution in [0.25, 0.3) is 11.3 Å². The molecule has 5 rings (SSSR count). The quantitative estimate of drug-likeness (QED) is 0.602. The van der Waals surface area contributed by atoms with E-state index in [0.717, 1.165) is 54.9 Å². The Morgan fingerprint density at radius 3 is 2.88 bits per heavy atom. The molecule has 0 spiro atoms. The average molecular weight is 468 g/mol. The molecule has 1 N–H and O–H groups in total. The second-order valence-electron chi connectivity index (χ2n) is 8.98. The lowest BCUT2D eigenvalue weighted by atomic mass is 9.93. The number of hydrogen-bond donors (Lipinski definition) is 1. The Morgan fingerprint density at radius 1 is 1.21 bits per heavy atom. The van der Waals surface area contributed by atoms with Crippen molar-refractivity contribution in [1.29, 1.82) is 0 Å². The molecule has 2 aliphatic heterocycles. The van der Waals surface area contributed by atoms with Crippen molar-refractivity contribution >= 4 is 17.5 Å². The number of likely N-dealkylation sites (tertiary alicyclic amines) is 1. The number of amides is 1. The first-order valence-electron chi connectivity index (χ1n) is 11.5. The van der Waals surface area contributed by atoms with Crippen molar-refractivity contribution in [3.05, 3.63) is 70.4 Å². The molecule has 8 heteroatoms. The fourth-order valence-corrected chi connectivity index (χ4v) is 5.22. The van der Waals surface area contributed by atoms with Crippen molar-refractivity contribution in [3.63, 3.8) is 0 Å². The zero-order valence-corrected chi connectivity index (χ0v) is 19.2. The fraction of sp³-hybridized carbons (Fsp3) is 0.400. The molecule has 0 saturated carbocycles. The van der Waals surface area contributed by atoms with Crippen LogP contribution in [0.3, 0.4) is 0 Å². The molecule has 0 unspecified atom stereocenters. The van der Waals surface area contributed by atoms with Crippen LogP contribution in [0.2, 0.25) is 5.02 Å². The maximum absolute atomic E-state index is 14.2. The molecule has 2 aliphatic rings. The van der Waals surface area contributed by atoms with Crippen LogP contribution in [0.5, 0.6) is 0 Å². The number of halogens is 2. The van der Waals surface area contributed by atoms with Crippen molar-refractivity contribution in [2.45, 2.75) is 38.8 Å². The Bertz CT molecular complexity index is 1110. The maximum Gasteiger partial charge on any atom is 0.223 e. The Labute approximate surface area is 197 Å². The summed E-state index contributed by atoms with van der Waals surface area (Å²) in [7, 11) is 0. The van der Waals surface area contributed by atoms with Gasteiger partial charge in [-0.1, -0.05) is 17.7 Å². The number of aromatic amines is 1. The zero-order chi connectivity index (χ0) is 22.8. The minimum atomic E-state index is -0.269. The second-order valence-corrected chi connectivity index (χ2v) is 9.39. The third-order valence-corrected chi connectivity index (χ3v) is 7.10. The number of H-pyrrole nitrogens is 1. The molecule has 1 atom stereocenters. The zero-order valence-electron chi connectivity index (χ0n) is 18.4. The smallest absolute Gasteiger partial charge is 0.223 e. The lowest BCUT2D eigenvalue weighted by molar-refractivity contribution is -0.133. The standard InChI is InChI=1S/C25H27ClFN5O/c26-21-4-1-5-22(27)19(21)15-31-11-2-3-17(14-31)13-24(33)32-12-8-23-20(16-32)25(30-29-23)18-6-9-28-10-7-18/h1,4-7,9-10,17H,2-3,8,11-16H2,(H,29,30)/t17-/m0/s1. The summed E-state index contributed by atoms with van der Waals surface area (Å²) in [5, 5.41) is 8.11. The van der Waals surface area contributed by atoms with Crippen molar-refractivity contribution in [3.8, 4) is 11.3 Å². The number of piperidine rings is 1. The van der Waals surface area contributed by atoms with Gasteiger partial charge in [-0.25, -0.2) is 4.39 Å². The molecular weight excluding hydrogens is 441 g/mol. The van der Waals surface area contributed by atoms with E-state index in [1.54, 1.807) is 24.5 Å². The molecule has 3 aromatic rings. The predicted octanol–water partition coefficient (Wildman–Crippen LogP) is 4.45. The summed E-state index contributed by atoms with van der Waals surface area (Å²) in [5.41, 5.74) is 4.65. The van der Waals surface area contributed by atoms with Crippen LogP contribution in [-0.4, -0.2) is 50.5 Å². The number of aromatic nitrogens is 3. The highest BCUT2D eigenvalue weighted by Crippen LogP contribution is 2.30. The number of hydrogen-bond acceptors (Lipinski definition) is 4. The third-order valence-electron chi connectivity index (χ3n) is 6.75. The largest absolute Gasteiger partial charge is 0.338 e. The van der Waals surface area contributed by atoms with Gasteiger partial charge in [0.15, 0.2) is 0 Å². The Morgan fingerprint density at radius 2 is 2.06 bits per heavy atom. The van der Waals surface area contributed by atoms with Gasteiger partial charge in [0, 0.05) is 78.8 Å². The average Bonchev–Trinajstić information content (AvgIpc) is 3.26. The molecule has 0 radical (unpaired) electrons. The first-order chi connectivity index (χ1) is 16.1. The molecule has 0 aliphatic carbocycles. The van der Waals surface area contributed by atoms with Crippen molar-refractivity contribution in [1.82, 2.24) is 25.0 Å². The summed E-state index contributed by atoms with van der Waals surface area (Å²) in [6.45, 7) is 3.43. The third kappa shape index (κ3) is 4.80. The summed E-state index contributed by atoms with van der Waals surface area (Å²) in [5.74, 6) is 0.176. The molecule has 1 aromatic carbocycles. The van der Waals surface area contributed by atoms with Crippen LogP contribution in [0.1, 0.15) is 36.1 Å². The maximum atomic E-state index is 14.2. The number of carbonyl (C=O) groups excluding carboxylic acids is 1. The van der Waals surface area contributed by atoms with Crippen molar-refractivity contribution in [2.24, 2.45) is 5.92 Å². The molecular formula is C25H27ClFN5O. The van der Waals surface area contributed by atoms with Gasteiger partial charge in [0.2, 0.25) is 5.91 Å². The molecule has 172 valence electrons. The van der Waals surface area contributed by atoms with E-state index in [-0.39, 0.29) is 17.6 Å². The van der Waals surface area contributed by atoms with Crippen molar-refractivity contribution < 1.29 is 9.18 Å². The second kappa shape index (κ2) is 9.61. The highest BCUT2D eigenvalue weighted by Gasteiger charge is 2.29.